The highest BCUT2D eigenvalue weighted by Gasteiger charge is 2.39. The molecule has 1 saturated heterocycles. The molecule has 0 aromatic heterocycles. The van der Waals surface area contributed by atoms with E-state index in [1.807, 2.05) is 11.8 Å². The molecule has 0 N–H and O–H groups in total. The van der Waals surface area contributed by atoms with Crippen molar-refractivity contribution in [2.75, 3.05) is 24.7 Å². The molecular weight excluding hydrogens is 527 g/mol. The minimum Gasteiger partial charge on any atom is -0.466 e. The van der Waals surface area contributed by atoms with Crippen molar-refractivity contribution in [2.24, 2.45) is 0 Å². The third-order valence-corrected chi connectivity index (χ3v) is 13.6. The van der Waals surface area contributed by atoms with E-state index in [2.05, 4.69) is 89.0 Å². The van der Waals surface area contributed by atoms with Crippen LogP contribution in [0.2, 0.25) is 18.1 Å². The number of benzene rings is 1. The number of carbonyl (C=O) groups excluding carboxylic acids is 1. The van der Waals surface area contributed by atoms with Gasteiger partial charge in [0.2, 0.25) is 0 Å². The predicted octanol–water partition coefficient (Wildman–Crippen LogP) is 8.13. The highest BCUT2D eigenvalue weighted by molar-refractivity contribution is 7.99. The van der Waals surface area contributed by atoms with Crippen LogP contribution in [0.1, 0.15) is 77.3 Å². The lowest BCUT2D eigenvalue weighted by atomic mass is 10.0. The van der Waals surface area contributed by atoms with E-state index in [1.54, 1.807) is 0 Å². The first-order valence-corrected chi connectivity index (χ1v) is 18.8. The second kappa shape index (κ2) is 16.2. The lowest BCUT2D eigenvalue weighted by Gasteiger charge is -2.39. The Bertz CT molecular complexity index is 913. The summed E-state index contributed by atoms with van der Waals surface area (Å²) in [6, 6.07) is 9.11. The summed E-state index contributed by atoms with van der Waals surface area (Å²) in [7, 11) is -1.92. The zero-order valence-electron chi connectivity index (χ0n) is 24.9. The maximum absolute atomic E-state index is 11.8. The molecule has 4 nitrogen and oxygen atoms in total. The fourth-order valence-electron chi connectivity index (χ4n) is 4.26. The molecule has 0 spiro atoms. The number of thioether (sulfide) groups is 1. The Kier molecular flexibility index (Phi) is 14.1. The SMILES string of the molecule is CCCCOC(=O)CCCSCCN1C(=S)CC[C@@H]1/C=C/[C@H](Cc1cccc(C)c1)O[Si](C)(C)C(C)(C)C. The van der Waals surface area contributed by atoms with Crippen molar-refractivity contribution in [1.82, 2.24) is 4.90 Å². The van der Waals surface area contributed by atoms with Gasteiger partial charge in [-0.3, -0.25) is 4.79 Å². The molecule has 2 rings (SSSR count). The molecule has 0 bridgehead atoms. The molecule has 38 heavy (non-hydrogen) atoms. The summed E-state index contributed by atoms with van der Waals surface area (Å²) in [5.41, 5.74) is 2.61. The van der Waals surface area contributed by atoms with Crippen molar-refractivity contribution in [3.8, 4) is 0 Å². The van der Waals surface area contributed by atoms with Gasteiger partial charge in [0.05, 0.1) is 17.7 Å². The predicted molar refractivity (Wildman–Crippen MR) is 171 cm³/mol. The van der Waals surface area contributed by atoms with Gasteiger partial charge in [-0.2, -0.15) is 11.8 Å². The highest BCUT2D eigenvalue weighted by atomic mass is 32.2. The van der Waals surface area contributed by atoms with E-state index >= 15 is 0 Å². The summed E-state index contributed by atoms with van der Waals surface area (Å²) >= 11 is 7.64. The van der Waals surface area contributed by atoms with Crippen molar-refractivity contribution in [1.29, 1.82) is 0 Å². The summed E-state index contributed by atoms with van der Waals surface area (Å²) in [5, 5.41) is 0.163. The van der Waals surface area contributed by atoms with Crippen LogP contribution in [0.25, 0.3) is 0 Å². The number of nitrogens with zero attached hydrogens (tertiary/aromatic N) is 1. The van der Waals surface area contributed by atoms with Gasteiger partial charge in [-0.05, 0) is 55.6 Å². The lowest BCUT2D eigenvalue weighted by molar-refractivity contribution is -0.143. The maximum atomic E-state index is 11.8. The minimum atomic E-state index is -1.92. The number of ether oxygens (including phenoxy) is 1. The fraction of sp³-hybridized carbons (Fsp3) is 0.677. The smallest absolute Gasteiger partial charge is 0.305 e. The fourth-order valence-corrected chi connectivity index (χ4v) is 6.76. The van der Waals surface area contributed by atoms with E-state index in [4.69, 9.17) is 21.4 Å². The monoisotopic (exact) mass is 577 g/mol. The molecule has 1 aromatic carbocycles. The Morgan fingerprint density at radius 1 is 1.26 bits per heavy atom. The quantitative estimate of drug-likeness (QED) is 0.0649. The summed E-state index contributed by atoms with van der Waals surface area (Å²) in [6.07, 6.45) is 11.0. The molecule has 0 amide bonds. The molecule has 1 fully saturated rings. The average molecular weight is 578 g/mol. The lowest BCUT2D eigenvalue weighted by Crippen LogP contribution is -2.44. The van der Waals surface area contributed by atoms with E-state index in [1.165, 1.54) is 11.1 Å². The number of carbonyl (C=O) groups is 1. The van der Waals surface area contributed by atoms with E-state index in [9.17, 15) is 4.79 Å². The van der Waals surface area contributed by atoms with Crippen molar-refractivity contribution >= 4 is 43.3 Å². The normalized spacial score (nSPS) is 17.4. The van der Waals surface area contributed by atoms with Gasteiger partial charge in [0, 0.05) is 37.6 Å². The molecule has 2 atom stereocenters. The van der Waals surface area contributed by atoms with Gasteiger partial charge in [-0.1, -0.05) is 88.3 Å². The van der Waals surface area contributed by atoms with Crippen molar-refractivity contribution in [2.45, 2.75) is 110 Å². The standard InChI is InChI=1S/C31H51NO3S2Si/c1-8-9-20-34-30(33)14-11-21-37-22-19-32-27(16-18-29(32)36)15-17-28(35-38(6,7)31(3,4)5)24-26-13-10-12-25(2)23-26/h10,12-13,15,17,23,27-28H,8-9,11,14,16,18-22,24H2,1-7H3/b17-15+/t27-,28+/m0/s1. The van der Waals surface area contributed by atoms with E-state index in [-0.39, 0.29) is 17.1 Å². The van der Waals surface area contributed by atoms with Crippen LogP contribution < -0.4 is 0 Å². The molecular formula is C31H51NO3S2Si. The molecule has 0 saturated carbocycles. The number of rotatable bonds is 16. The van der Waals surface area contributed by atoms with E-state index < -0.39 is 8.32 Å². The topological polar surface area (TPSA) is 38.8 Å². The first kappa shape index (κ1) is 33.1. The maximum Gasteiger partial charge on any atom is 0.305 e. The van der Waals surface area contributed by atoms with Crippen LogP contribution in [0, 0.1) is 6.92 Å². The van der Waals surface area contributed by atoms with Gasteiger partial charge in [-0.25, -0.2) is 0 Å². The Labute approximate surface area is 243 Å². The number of aryl methyl sites for hydroxylation is 1. The third kappa shape index (κ3) is 11.5. The van der Waals surface area contributed by atoms with Crippen LogP contribution in [0.3, 0.4) is 0 Å². The Morgan fingerprint density at radius 2 is 2.03 bits per heavy atom. The molecule has 7 heteroatoms. The molecule has 0 unspecified atom stereocenters. The van der Waals surface area contributed by atoms with Crippen LogP contribution in [0.4, 0.5) is 0 Å². The van der Waals surface area contributed by atoms with Crippen LogP contribution in [0.5, 0.6) is 0 Å². The Hall–Kier alpha value is -1.15. The molecule has 0 radical (unpaired) electrons. The third-order valence-electron chi connectivity index (χ3n) is 7.60. The van der Waals surface area contributed by atoms with Crippen molar-refractivity contribution in [3.63, 3.8) is 0 Å². The molecule has 214 valence electrons. The zero-order valence-corrected chi connectivity index (χ0v) is 27.5. The number of likely N-dealkylation sites (tertiary alicyclic amines) is 1. The largest absolute Gasteiger partial charge is 0.466 e. The van der Waals surface area contributed by atoms with Crippen LogP contribution >= 0.6 is 24.0 Å². The Balaban J connectivity index is 1.93. The molecule has 0 aliphatic carbocycles. The highest BCUT2D eigenvalue weighted by Crippen LogP contribution is 2.38. The first-order valence-electron chi connectivity index (χ1n) is 14.4. The average Bonchev–Trinajstić information content (AvgIpc) is 3.18. The second-order valence-electron chi connectivity index (χ2n) is 12.0. The van der Waals surface area contributed by atoms with Crippen molar-refractivity contribution < 1.29 is 14.0 Å². The van der Waals surface area contributed by atoms with Crippen LogP contribution in [0.15, 0.2) is 36.4 Å². The number of thiocarbonyl (C=S) groups is 1. The van der Waals surface area contributed by atoms with Gasteiger partial charge in [-0.15, -0.1) is 0 Å². The number of esters is 1. The summed E-state index contributed by atoms with van der Waals surface area (Å²) in [4.78, 5) is 15.2. The second-order valence-corrected chi connectivity index (χ2v) is 18.4. The first-order chi connectivity index (χ1) is 17.9. The minimum absolute atomic E-state index is 0.0557. The molecule has 1 aromatic rings. The number of unbranched alkanes of at least 4 members (excludes halogenated alkanes) is 1. The molecule has 1 aliphatic rings. The number of hydrogen-bond acceptors (Lipinski definition) is 5. The molecule has 1 aliphatic heterocycles. The summed E-state index contributed by atoms with van der Waals surface area (Å²) in [5.74, 6) is 1.93. The summed E-state index contributed by atoms with van der Waals surface area (Å²) in [6.45, 7) is 17.3. The van der Waals surface area contributed by atoms with E-state index in [0.717, 1.165) is 61.6 Å². The van der Waals surface area contributed by atoms with Gasteiger partial charge >= 0.3 is 5.97 Å². The zero-order chi connectivity index (χ0) is 28.2. The number of hydrogen-bond donors (Lipinski definition) is 0. The Morgan fingerprint density at radius 3 is 2.71 bits per heavy atom. The van der Waals surface area contributed by atoms with Crippen molar-refractivity contribution in [3.05, 3.63) is 47.5 Å². The van der Waals surface area contributed by atoms with Crippen LogP contribution in [-0.4, -0.2) is 61.0 Å². The van der Waals surface area contributed by atoms with Gasteiger partial charge in [0.1, 0.15) is 0 Å². The van der Waals surface area contributed by atoms with Gasteiger partial charge < -0.3 is 14.1 Å². The van der Waals surface area contributed by atoms with Crippen LogP contribution in [-0.2, 0) is 20.4 Å². The van der Waals surface area contributed by atoms with E-state index in [0.29, 0.717) is 19.1 Å². The summed E-state index contributed by atoms with van der Waals surface area (Å²) < 4.78 is 12.1. The molecule has 1 heterocycles. The van der Waals surface area contributed by atoms with Gasteiger partial charge in [0.15, 0.2) is 8.32 Å². The van der Waals surface area contributed by atoms with Gasteiger partial charge in [0.25, 0.3) is 0 Å².